The Morgan fingerprint density at radius 1 is 1.09 bits per heavy atom. The van der Waals surface area contributed by atoms with E-state index in [1.54, 1.807) is 26.0 Å². The van der Waals surface area contributed by atoms with Gasteiger partial charge in [0.1, 0.15) is 11.5 Å². The van der Waals surface area contributed by atoms with Crippen LogP contribution in [0.2, 0.25) is 0 Å². The molecular formula is C24H26O8. The minimum Gasteiger partial charge on any atom is -0.508 e. The van der Waals surface area contributed by atoms with Crippen LogP contribution in [0.4, 0.5) is 0 Å². The number of hydrogen-bond donors (Lipinski definition) is 4. The van der Waals surface area contributed by atoms with Crippen LogP contribution in [0.25, 0.3) is 5.57 Å². The van der Waals surface area contributed by atoms with Gasteiger partial charge in [0.25, 0.3) is 0 Å². The van der Waals surface area contributed by atoms with Gasteiger partial charge in [0.05, 0.1) is 18.3 Å². The summed E-state index contributed by atoms with van der Waals surface area (Å²) in [5.41, 5.74) is -1.57. The van der Waals surface area contributed by atoms with E-state index in [1.807, 2.05) is 0 Å². The van der Waals surface area contributed by atoms with Crippen molar-refractivity contribution >= 4 is 17.5 Å². The van der Waals surface area contributed by atoms with Crippen molar-refractivity contribution in [3.63, 3.8) is 0 Å². The fourth-order valence-electron chi connectivity index (χ4n) is 3.73. The third kappa shape index (κ3) is 4.55. The zero-order valence-electron chi connectivity index (χ0n) is 18.1. The Morgan fingerprint density at radius 3 is 2.34 bits per heavy atom. The molecule has 170 valence electrons. The standard InChI is InChI=1S/C24H26O8/c1-23(2,30)11-10-16-12-14(4-9-18(16)26)13-24(22(29)31-3)19(20(27)21(28)32-24)15-5-7-17(25)8-6-15/h4-9,12,25-27,30H,10-11,13H2,1-3H3/t24-/m1/s1. The summed E-state index contributed by atoms with van der Waals surface area (Å²) in [6.07, 6.45) is 0.599. The molecular weight excluding hydrogens is 416 g/mol. The van der Waals surface area contributed by atoms with Crippen LogP contribution in [0.3, 0.4) is 0 Å². The van der Waals surface area contributed by atoms with Crippen molar-refractivity contribution < 1.29 is 39.5 Å². The van der Waals surface area contributed by atoms with Gasteiger partial charge in [-0.25, -0.2) is 9.59 Å². The summed E-state index contributed by atoms with van der Waals surface area (Å²) < 4.78 is 10.3. The molecule has 1 aliphatic rings. The first-order valence-electron chi connectivity index (χ1n) is 10.0. The van der Waals surface area contributed by atoms with Crippen molar-refractivity contribution in [2.24, 2.45) is 0 Å². The van der Waals surface area contributed by atoms with E-state index in [-0.39, 0.29) is 23.5 Å². The summed E-state index contributed by atoms with van der Waals surface area (Å²) in [6, 6.07) is 10.3. The molecule has 0 bridgehead atoms. The van der Waals surface area contributed by atoms with E-state index >= 15 is 0 Å². The quantitative estimate of drug-likeness (QED) is 0.481. The van der Waals surface area contributed by atoms with Crippen molar-refractivity contribution in [2.45, 2.75) is 44.3 Å². The number of aromatic hydroxyl groups is 2. The van der Waals surface area contributed by atoms with Gasteiger partial charge in [-0.2, -0.15) is 0 Å². The minimum absolute atomic E-state index is 0.0299. The highest BCUT2D eigenvalue weighted by atomic mass is 16.6. The molecule has 32 heavy (non-hydrogen) atoms. The number of methoxy groups -OCH3 is 1. The van der Waals surface area contributed by atoms with Crippen LogP contribution in [0.1, 0.15) is 37.0 Å². The van der Waals surface area contributed by atoms with E-state index in [0.29, 0.717) is 29.5 Å². The van der Waals surface area contributed by atoms with E-state index in [2.05, 4.69) is 0 Å². The number of hydrogen-bond acceptors (Lipinski definition) is 8. The zero-order chi connectivity index (χ0) is 23.7. The number of rotatable bonds is 7. The van der Waals surface area contributed by atoms with Crippen LogP contribution < -0.4 is 0 Å². The maximum absolute atomic E-state index is 12.9. The fourth-order valence-corrected chi connectivity index (χ4v) is 3.73. The molecule has 1 atom stereocenters. The zero-order valence-corrected chi connectivity index (χ0v) is 18.1. The molecule has 8 heteroatoms. The van der Waals surface area contributed by atoms with Crippen LogP contribution in [0.5, 0.6) is 11.5 Å². The number of aryl methyl sites for hydroxylation is 1. The SMILES string of the molecule is COC(=O)[C@]1(Cc2ccc(O)c(CCC(C)(C)O)c2)OC(=O)C(O)=C1c1ccc(O)cc1. The summed E-state index contributed by atoms with van der Waals surface area (Å²) in [4.78, 5) is 25.2. The number of cyclic esters (lactones) is 1. The monoisotopic (exact) mass is 442 g/mol. The predicted octanol–water partition coefficient (Wildman–Crippen LogP) is 2.78. The van der Waals surface area contributed by atoms with Crippen LogP contribution in [-0.4, -0.2) is 50.7 Å². The molecule has 0 radical (unpaired) electrons. The van der Waals surface area contributed by atoms with Gasteiger partial charge in [0.15, 0.2) is 0 Å². The largest absolute Gasteiger partial charge is 0.508 e. The molecule has 2 aromatic rings. The molecule has 2 aromatic carbocycles. The number of benzene rings is 2. The molecule has 3 rings (SSSR count). The van der Waals surface area contributed by atoms with Gasteiger partial charge in [0.2, 0.25) is 11.4 Å². The lowest BCUT2D eigenvalue weighted by molar-refractivity contribution is -0.169. The van der Waals surface area contributed by atoms with Crippen LogP contribution in [0, 0.1) is 0 Å². The normalized spacial score (nSPS) is 18.6. The third-order valence-corrected chi connectivity index (χ3v) is 5.38. The van der Waals surface area contributed by atoms with Gasteiger partial charge in [-0.05, 0) is 61.6 Å². The molecule has 0 amide bonds. The molecule has 1 heterocycles. The highest BCUT2D eigenvalue weighted by molar-refractivity contribution is 6.11. The number of ether oxygens (including phenoxy) is 2. The second-order valence-electron chi connectivity index (χ2n) is 8.43. The second kappa shape index (κ2) is 8.55. The highest BCUT2D eigenvalue weighted by Gasteiger charge is 2.55. The lowest BCUT2D eigenvalue weighted by Gasteiger charge is -2.28. The molecule has 1 aliphatic heterocycles. The van der Waals surface area contributed by atoms with Gasteiger partial charge in [-0.1, -0.05) is 24.3 Å². The number of esters is 2. The molecule has 4 N–H and O–H groups in total. The summed E-state index contributed by atoms with van der Waals surface area (Å²) in [6.45, 7) is 3.32. The predicted molar refractivity (Wildman–Crippen MR) is 115 cm³/mol. The number of carbonyl (C=O) groups is 2. The van der Waals surface area contributed by atoms with Gasteiger partial charge in [-0.3, -0.25) is 0 Å². The van der Waals surface area contributed by atoms with Crippen LogP contribution in [-0.2, 0) is 31.9 Å². The summed E-state index contributed by atoms with van der Waals surface area (Å²) in [5.74, 6) is -2.67. The minimum atomic E-state index is -1.96. The summed E-state index contributed by atoms with van der Waals surface area (Å²) >= 11 is 0. The molecule has 0 saturated carbocycles. The molecule has 8 nitrogen and oxygen atoms in total. The van der Waals surface area contributed by atoms with Crippen LogP contribution in [0.15, 0.2) is 48.2 Å². The van der Waals surface area contributed by atoms with Crippen molar-refractivity contribution in [1.29, 1.82) is 0 Å². The van der Waals surface area contributed by atoms with Gasteiger partial charge in [-0.15, -0.1) is 0 Å². The van der Waals surface area contributed by atoms with E-state index in [4.69, 9.17) is 9.47 Å². The number of aliphatic hydroxyl groups is 2. The molecule has 0 fully saturated rings. The lowest BCUT2D eigenvalue weighted by atomic mass is 9.82. The first-order valence-corrected chi connectivity index (χ1v) is 10.0. The molecule has 0 unspecified atom stereocenters. The van der Waals surface area contributed by atoms with Gasteiger partial charge < -0.3 is 29.9 Å². The smallest absolute Gasteiger partial charge is 0.375 e. The average molecular weight is 442 g/mol. The second-order valence-corrected chi connectivity index (χ2v) is 8.43. The summed E-state index contributed by atoms with van der Waals surface area (Å²) in [5, 5.41) is 40.3. The third-order valence-electron chi connectivity index (χ3n) is 5.38. The topological polar surface area (TPSA) is 134 Å². The first-order chi connectivity index (χ1) is 15.0. The van der Waals surface area contributed by atoms with Crippen molar-refractivity contribution in [3.8, 4) is 11.5 Å². The Balaban J connectivity index is 2.06. The Labute approximate surface area is 185 Å². The van der Waals surface area contributed by atoms with Crippen LogP contribution >= 0.6 is 0 Å². The molecule has 0 aliphatic carbocycles. The number of aliphatic hydroxyl groups excluding tert-OH is 1. The first kappa shape index (κ1) is 23.1. The fraction of sp³-hybridized carbons (Fsp3) is 0.333. The van der Waals surface area contributed by atoms with E-state index in [9.17, 15) is 30.0 Å². The number of carbonyl (C=O) groups excluding carboxylic acids is 2. The lowest BCUT2D eigenvalue weighted by Crippen LogP contribution is -2.44. The van der Waals surface area contributed by atoms with Crippen molar-refractivity contribution in [3.05, 3.63) is 64.9 Å². The van der Waals surface area contributed by atoms with Gasteiger partial charge in [0, 0.05) is 6.42 Å². The number of phenolic OH excluding ortho intramolecular Hbond substituents is 2. The highest BCUT2D eigenvalue weighted by Crippen LogP contribution is 2.43. The summed E-state index contributed by atoms with van der Waals surface area (Å²) in [7, 11) is 1.15. The van der Waals surface area contributed by atoms with E-state index in [0.717, 1.165) is 7.11 Å². The Bertz CT molecular complexity index is 1060. The maximum atomic E-state index is 12.9. The molecule has 0 saturated heterocycles. The van der Waals surface area contributed by atoms with Crippen molar-refractivity contribution in [2.75, 3.05) is 7.11 Å². The van der Waals surface area contributed by atoms with Gasteiger partial charge >= 0.3 is 11.9 Å². The molecule has 0 spiro atoms. The Kier molecular flexibility index (Phi) is 6.18. The Morgan fingerprint density at radius 2 is 1.75 bits per heavy atom. The average Bonchev–Trinajstić information content (AvgIpc) is 2.98. The Hall–Kier alpha value is -3.52. The maximum Gasteiger partial charge on any atom is 0.375 e. The molecule has 0 aromatic heterocycles. The number of phenols is 2. The van der Waals surface area contributed by atoms with E-state index in [1.165, 1.54) is 30.3 Å². The van der Waals surface area contributed by atoms with E-state index < -0.39 is 28.9 Å². The van der Waals surface area contributed by atoms with Crippen molar-refractivity contribution in [1.82, 2.24) is 0 Å².